The lowest BCUT2D eigenvalue weighted by molar-refractivity contribution is -0.119. The van der Waals surface area contributed by atoms with Crippen LogP contribution in [0, 0.1) is 18.3 Å². The van der Waals surface area contributed by atoms with E-state index in [-0.39, 0.29) is 6.61 Å². The molecule has 2 aromatic rings. The van der Waals surface area contributed by atoms with E-state index in [1.807, 2.05) is 12.1 Å². The van der Waals surface area contributed by atoms with Gasteiger partial charge in [0, 0.05) is 5.69 Å². The molecular formula is C17H14N2O3. The van der Waals surface area contributed by atoms with Crippen molar-refractivity contribution in [1.82, 2.24) is 0 Å². The van der Waals surface area contributed by atoms with Gasteiger partial charge in [-0.1, -0.05) is 24.3 Å². The smallest absolute Gasteiger partial charge is 0.338 e. The fourth-order valence-electron chi connectivity index (χ4n) is 1.87. The van der Waals surface area contributed by atoms with Crippen molar-refractivity contribution in [2.45, 2.75) is 6.92 Å². The number of nitriles is 1. The van der Waals surface area contributed by atoms with E-state index in [4.69, 9.17) is 10.00 Å². The molecule has 0 spiro atoms. The molecule has 0 atom stereocenters. The zero-order valence-corrected chi connectivity index (χ0v) is 12.0. The Labute approximate surface area is 128 Å². The standard InChI is InChI=1S/C17H14N2O3/c1-12-5-2-3-8-15(12)17(21)22-11-16(20)19-14-7-4-6-13(9-14)10-18/h2-9H,11H2,1H3,(H,19,20). The number of nitrogens with one attached hydrogen (secondary N) is 1. The number of nitrogens with zero attached hydrogens (tertiary/aromatic N) is 1. The maximum Gasteiger partial charge on any atom is 0.338 e. The van der Waals surface area contributed by atoms with E-state index in [2.05, 4.69) is 5.32 Å². The van der Waals surface area contributed by atoms with E-state index >= 15 is 0 Å². The Hall–Kier alpha value is -3.13. The van der Waals surface area contributed by atoms with Crippen LogP contribution >= 0.6 is 0 Å². The van der Waals surface area contributed by atoms with Crippen molar-refractivity contribution in [3.8, 4) is 6.07 Å². The summed E-state index contributed by atoms with van der Waals surface area (Å²) in [5.74, 6) is -1.00. The summed E-state index contributed by atoms with van der Waals surface area (Å²) in [6.07, 6.45) is 0. The third kappa shape index (κ3) is 3.93. The molecule has 1 N–H and O–H groups in total. The number of esters is 1. The Bertz CT molecular complexity index is 748. The van der Waals surface area contributed by atoms with Crippen molar-refractivity contribution in [1.29, 1.82) is 5.26 Å². The molecule has 2 rings (SSSR count). The van der Waals surface area contributed by atoms with Crippen LogP contribution in [0.4, 0.5) is 5.69 Å². The number of ether oxygens (including phenoxy) is 1. The minimum atomic E-state index is -0.543. The molecule has 0 aliphatic heterocycles. The summed E-state index contributed by atoms with van der Waals surface area (Å²) in [4.78, 5) is 23.6. The van der Waals surface area contributed by atoms with Gasteiger partial charge < -0.3 is 10.1 Å². The van der Waals surface area contributed by atoms with Gasteiger partial charge in [0.15, 0.2) is 6.61 Å². The Balaban J connectivity index is 1.92. The topological polar surface area (TPSA) is 79.2 Å². The highest BCUT2D eigenvalue weighted by atomic mass is 16.5. The van der Waals surface area contributed by atoms with Crippen molar-refractivity contribution in [2.75, 3.05) is 11.9 Å². The van der Waals surface area contributed by atoms with E-state index < -0.39 is 11.9 Å². The molecule has 0 aromatic heterocycles. The van der Waals surface area contributed by atoms with Gasteiger partial charge in [0.1, 0.15) is 0 Å². The minimum absolute atomic E-state index is 0.385. The first-order valence-electron chi connectivity index (χ1n) is 6.63. The number of amides is 1. The van der Waals surface area contributed by atoms with Gasteiger partial charge in [-0.3, -0.25) is 4.79 Å². The summed E-state index contributed by atoms with van der Waals surface area (Å²) in [6.45, 7) is 1.41. The van der Waals surface area contributed by atoms with Gasteiger partial charge in [0.05, 0.1) is 17.2 Å². The van der Waals surface area contributed by atoms with Gasteiger partial charge in [-0.15, -0.1) is 0 Å². The van der Waals surface area contributed by atoms with Gasteiger partial charge >= 0.3 is 5.97 Å². The summed E-state index contributed by atoms with van der Waals surface area (Å²) < 4.78 is 4.98. The first-order chi connectivity index (χ1) is 10.6. The molecule has 22 heavy (non-hydrogen) atoms. The van der Waals surface area contributed by atoms with Crippen LogP contribution in [0.1, 0.15) is 21.5 Å². The molecule has 1 amide bonds. The highest BCUT2D eigenvalue weighted by Gasteiger charge is 2.12. The average Bonchev–Trinajstić information content (AvgIpc) is 2.53. The number of benzene rings is 2. The number of hydrogen-bond donors (Lipinski definition) is 1. The second kappa shape index (κ2) is 7.04. The Morgan fingerprint density at radius 1 is 1.18 bits per heavy atom. The molecule has 0 aliphatic rings. The highest BCUT2D eigenvalue weighted by Crippen LogP contribution is 2.11. The minimum Gasteiger partial charge on any atom is -0.452 e. The fraction of sp³-hybridized carbons (Fsp3) is 0.118. The van der Waals surface area contributed by atoms with E-state index in [9.17, 15) is 9.59 Å². The number of anilines is 1. The molecule has 0 unspecified atom stereocenters. The lowest BCUT2D eigenvalue weighted by Crippen LogP contribution is -2.21. The van der Waals surface area contributed by atoms with Crippen LogP contribution in [0.15, 0.2) is 48.5 Å². The second-order valence-electron chi connectivity index (χ2n) is 4.63. The third-order valence-corrected chi connectivity index (χ3v) is 2.97. The Morgan fingerprint density at radius 2 is 1.95 bits per heavy atom. The molecule has 0 heterocycles. The summed E-state index contributed by atoms with van der Waals surface area (Å²) in [6, 6.07) is 15.5. The predicted molar refractivity (Wildman–Crippen MR) is 81.2 cm³/mol. The molecule has 110 valence electrons. The third-order valence-electron chi connectivity index (χ3n) is 2.97. The molecule has 0 saturated heterocycles. The van der Waals surface area contributed by atoms with Gasteiger partial charge in [-0.25, -0.2) is 4.79 Å². The largest absolute Gasteiger partial charge is 0.452 e. The Kier molecular flexibility index (Phi) is 4.89. The van der Waals surface area contributed by atoms with E-state index in [1.54, 1.807) is 49.4 Å². The molecule has 0 radical (unpaired) electrons. The van der Waals surface area contributed by atoms with Crippen LogP contribution < -0.4 is 5.32 Å². The lowest BCUT2D eigenvalue weighted by Gasteiger charge is -2.08. The first kappa shape index (κ1) is 15.3. The summed E-state index contributed by atoms with van der Waals surface area (Å²) in [5.41, 5.74) is 2.14. The molecule has 0 bridgehead atoms. The molecule has 0 fully saturated rings. The van der Waals surface area contributed by atoms with Crippen LogP contribution in [0.5, 0.6) is 0 Å². The molecule has 5 nitrogen and oxygen atoms in total. The summed E-state index contributed by atoms with van der Waals surface area (Å²) in [7, 11) is 0. The lowest BCUT2D eigenvalue weighted by atomic mass is 10.1. The maximum atomic E-state index is 11.9. The van der Waals surface area contributed by atoms with Crippen LogP contribution in [-0.4, -0.2) is 18.5 Å². The van der Waals surface area contributed by atoms with Gasteiger partial charge in [0.2, 0.25) is 0 Å². The average molecular weight is 294 g/mol. The Morgan fingerprint density at radius 3 is 2.68 bits per heavy atom. The van der Waals surface area contributed by atoms with Gasteiger partial charge in [-0.2, -0.15) is 5.26 Å². The normalized spacial score (nSPS) is 9.64. The predicted octanol–water partition coefficient (Wildman–Crippen LogP) is 2.66. The monoisotopic (exact) mass is 294 g/mol. The van der Waals surface area contributed by atoms with Crippen LogP contribution in [0.3, 0.4) is 0 Å². The van der Waals surface area contributed by atoms with Gasteiger partial charge in [0.25, 0.3) is 5.91 Å². The van der Waals surface area contributed by atoms with Crippen molar-refractivity contribution in [3.05, 3.63) is 65.2 Å². The molecule has 0 saturated carbocycles. The van der Waals surface area contributed by atoms with E-state index in [0.29, 0.717) is 16.8 Å². The molecule has 2 aromatic carbocycles. The second-order valence-corrected chi connectivity index (χ2v) is 4.63. The van der Waals surface area contributed by atoms with Crippen LogP contribution in [-0.2, 0) is 9.53 Å². The molecular weight excluding hydrogens is 280 g/mol. The van der Waals surface area contributed by atoms with E-state index in [1.165, 1.54) is 0 Å². The SMILES string of the molecule is Cc1ccccc1C(=O)OCC(=O)Nc1cccc(C#N)c1. The van der Waals surface area contributed by atoms with Crippen LogP contribution in [0.2, 0.25) is 0 Å². The summed E-state index contributed by atoms with van der Waals surface area (Å²) >= 11 is 0. The van der Waals surface area contributed by atoms with E-state index in [0.717, 1.165) is 5.56 Å². The van der Waals surface area contributed by atoms with Crippen molar-refractivity contribution >= 4 is 17.6 Å². The number of rotatable bonds is 4. The zero-order chi connectivity index (χ0) is 15.9. The van der Waals surface area contributed by atoms with Gasteiger partial charge in [-0.05, 0) is 36.8 Å². The van der Waals surface area contributed by atoms with Crippen molar-refractivity contribution in [2.24, 2.45) is 0 Å². The number of aryl methyl sites for hydroxylation is 1. The first-order valence-corrected chi connectivity index (χ1v) is 6.63. The number of hydrogen-bond acceptors (Lipinski definition) is 4. The molecule has 5 heteroatoms. The number of carbonyl (C=O) groups excluding carboxylic acids is 2. The summed E-state index contributed by atoms with van der Waals surface area (Å²) in [5, 5.41) is 11.4. The zero-order valence-electron chi connectivity index (χ0n) is 12.0. The fourth-order valence-corrected chi connectivity index (χ4v) is 1.87. The van der Waals surface area contributed by atoms with Crippen molar-refractivity contribution in [3.63, 3.8) is 0 Å². The van der Waals surface area contributed by atoms with Crippen LogP contribution in [0.25, 0.3) is 0 Å². The quantitative estimate of drug-likeness (QED) is 0.879. The molecule has 0 aliphatic carbocycles. The maximum absolute atomic E-state index is 11.9. The highest BCUT2D eigenvalue weighted by molar-refractivity contribution is 5.96. The van der Waals surface area contributed by atoms with Crippen molar-refractivity contribution < 1.29 is 14.3 Å². The number of carbonyl (C=O) groups is 2.